The van der Waals surface area contributed by atoms with Gasteiger partial charge in [-0.3, -0.25) is 25.1 Å². The maximum atomic E-state index is 14.4. The summed E-state index contributed by atoms with van der Waals surface area (Å²) in [7, 11) is 1.78. The second-order valence-corrected chi connectivity index (χ2v) is 7.78. The smallest absolute Gasteiger partial charge is 0.171 e. The van der Waals surface area contributed by atoms with Crippen LogP contribution in [0, 0.1) is 16.6 Å². The maximum absolute atomic E-state index is 14.4. The Morgan fingerprint density at radius 2 is 2.00 bits per heavy atom. The molecule has 7 nitrogen and oxygen atoms in total. The Morgan fingerprint density at radius 1 is 1.17 bits per heavy atom. The second-order valence-electron chi connectivity index (χ2n) is 6.71. The van der Waals surface area contributed by atoms with Gasteiger partial charge in [-0.1, -0.05) is 11.8 Å². The molecule has 3 N–H and O–H groups in total. The molecule has 4 aromatic rings. The fourth-order valence-electron chi connectivity index (χ4n) is 3.08. The van der Waals surface area contributed by atoms with Crippen molar-refractivity contribution < 1.29 is 4.39 Å². The number of fused-ring (bicyclic) bond motifs is 1. The van der Waals surface area contributed by atoms with Crippen LogP contribution in [-0.2, 0) is 7.05 Å². The van der Waals surface area contributed by atoms with E-state index in [0.29, 0.717) is 5.56 Å². The van der Waals surface area contributed by atoms with Crippen LogP contribution >= 0.6 is 11.8 Å². The number of aryl methyl sites for hydroxylation is 1. The second kappa shape index (κ2) is 8.11. The van der Waals surface area contributed by atoms with Crippen LogP contribution in [0.3, 0.4) is 0 Å². The van der Waals surface area contributed by atoms with Gasteiger partial charge in [-0.15, -0.1) is 0 Å². The van der Waals surface area contributed by atoms with E-state index < -0.39 is 5.82 Å². The lowest BCUT2D eigenvalue weighted by Crippen LogP contribution is -2.27. The van der Waals surface area contributed by atoms with Crippen LogP contribution in [-0.4, -0.2) is 31.0 Å². The van der Waals surface area contributed by atoms with E-state index in [1.807, 2.05) is 31.2 Å². The number of nitrogens with zero attached hydrogens (tertiary/aromatic N) is 4. The van der Waals surface area contributed by atoms with Gasteiger partial charge in [0.2, 0.25) is 0 Å². The number of hydrogen-bond acceptors (Lipinski definition) is 6. The van der Waals surface area contributed by atoms with Gasteiger partial charge in [-0.25, -0.2) is 4.39 Å². The Kier molecular flexibility index (Phi) is 5.37. The topological polar surface area (TPSA) is 95.4 Å². The molecule has 0 saturated carbocycles. The molecule has 0 spiro atoms. The van der Waals surface area contributed by atoms with E-state index in [-0.39, 0.29) is 10.7 Å². The molecule has 1 aromatic carbocycles. The van der Waals surface area contributed by atoms with Crippen molar-refractivity contribution in [3.05, 3.63) is 66.4 Å². The zero-order chi connectivity index (χ0) is 21.3. The number of thioether (sulfide) groups is 1. The molecule has 0 aliphatic heterocycles. The quantitative estimate of drug-likeness (QED) is 0.263. The van der Waals surface area contributed by atoms with Crippen molar-refractivity contribution >= 4 is 33.5 Å². The van der Waals surface area contributed by atoms with Gasteiger partial charge in [-0.2, -0.15) is 5.10 Å². The third-order valence-electron chi connectivity index (χ3n) is 4.52. The minimum absolute atomic E-state index is 0.0276. The number of hydrogen-bond donors (Lipinski definition) is 3. The third-order valence-corrected chi connectivity index (χ3v) is 5.40. The summed E-state index contributed by atoms with van der Waals surface area (Å²) in [6.45, 7) is 2.82. The predicted molar refractivity (Wildman–Crippen MR) is 117 cm³/mol. The number of aromatic nitrogens is 4. The van der Waals surface area contributed by atoms with Crippen molar-refractivity contribution in [3.63, 3.8) is 0 Å². The molecule has 4 rings (SSSR count). The largest absolute Gasteiger partial charge is 0.384 e. The predicted octanol–water partition coefficient (Wildman–Crippen LogP) is 4.06. The van der Waals surface area contributed by atoms with E-state index in [0.717, 1.165) is 45.4 Å². The van der Waals surface area contributed by atoms with Crippen LogP contribution < -0.4 is 10.8 Å². The lowest BCUT2D eigenvalue weighted by atomic mass is 10.1. The molecule has 0 aliphatic rings. The summed E-state index contributed by atoms with van der Waals surface area (Å²) >= 11 is 1.15. The minimum Gasteiger partial charge on any atom is -0.384 e. The van der Waals surface area contributed by atoms with Gasteiger partial charge in [0.15, 0.2) is 16.5 Å². The number of nitrogens with one attached hydrogen (secondary N) is 3. The summed E-state index contributed by atoms with van der Waals surface area (Å²) in [5.74, 6) is -0.695. The SMILES string of the molecule is CCNc1cnc2ccc(SC(=N)n3cc(-c4cnn(C)c4)cc(F)c3=N)cc2c1. The highest BCUT2D eigenvalue weighted by atomic mass is 32.2. The molecular weight excluding hydrogens is 401 g/mol. The van der Waals surface area contributed by atoms with Crippen molar-refractivity contribution in [2.24, 2.45) is 7.05 Å². The highest BCUT2D eigenvalue weighted by Gasteiger charge is 2.12. The molecule has 0 bridgehead atoms. The van der Waals surface area contributed by atoms with Crippen LogP contribution in [0.1, 0.15) is 6.92 Å². The summed E-state index contributed by atoms with van der Waals surface area (Å²) in [5, 5.41) is 24.8. The highest BCUT2D eigenvalue weighted by molar-refractivity contribution is 8.13. The Bertz CT molecular complexity index is 1310. The zero-order valence-electron chi connectivity index (χ0n) is 16.5. The first-order valence-corrected chi connectivity index (χ1v) is 10.1. The summed E-state index contributed by atoms with van der Waals surface area (Å²) in [6, 6.07) is 8.99. The number of pyridine rings is 2. The van der Waals surface area contributed by atoms with E-state index in [1.165, 1.54) is 10.6 Å². The maximum Gasteiger partial charge on any atom is 0.171 e. The van der Waals surface area contributed by atoms with E-state index >= 15 is 0 Å². The average molecular weight is 422 g/mol. The van der Waals surface area contributed by atoms with Crippen molar-refractivity contribution in [2.45, 2.75) is 11.8 Å². The Balaban J connectivity index is 1.66. The minimum atomic E-state index is -0.695. The molecule has 9 heteroatoms. The number of anilines is 1. The van der Waals surface area contributed by atoms with Gasteiger partial charge in [0.05, 0.1) is 23.6 Å². The monoisotopic (exact) mass is 421 g/mol. The molecule has 0 amide bonds. The van der Waals surface area contributed by atoms with Crippen molar-refractivity contribution in [3.8, 4) is 11.1 Å². The number of halogens is 1. The first-order chi connectivity index (χ1) is 14.4. The normalized spacial score (nSPS) is 11.0. The Morgan fingerprint density at radius 3 is 2.73 bits per heavy atom. The van der Waals surface area contributed by atoms with Gasteiger partial charge in [0.25, 0.3) is 0 Å². The van der Waals surface area contributed by atoms with Gasteiger partial charge >= 0.3 is 0 Å². The van der Waals surface area contributed by atoms with E-state index in [4.69, 9.17) is 10.8 Å². The van der Waals surface area contributed by atoms with E-state index in [2.05, 4.69) is 15.4 Å². The summed E-state index contributed by atoms with van der Waals surface area (Å²) in [5.41, 5.74) is 2.69. The lowest BCUT2D eigenvalue weighted by Gasteiger charge is -2.11. The molecule has 0 saturated heterocycles. The van der Waals surface area contributed by atoms with Crippen LogP contribution in [0.4, 0.5) is 10.1 Å². The standard InChI is InChI=1S/C21H20FN7S/c1-3-25-16-6-13-7-17(4-5-19(13)26-10-16)30-21(24)29-12-14(8-18(22)20(29)23)15-9-27-28(2)11-15/h4-12,23-25H,3H2,1-2H3. The van der Waals surface area contributed by atoms with Gasteiger partial charge in [0, 0.05) is 47.4 Å². The van der Waals surface area contributed by atoms with Crippen molar-refractivity contribution in [1.29, 1.82) is 10.8 Å². The lowest BCUT2D eigenvalue weighted by molar-refractivity contribution is 0.592. The van der Waals surface area contributed by atoms with E-state index in [1.54, 1.807) is 36.5 Å². The average Bonchev–Trinajstić information content (AvgIpc) is 3.16. The molecule has 0 atom stereocenters. The van der Waals surface area contributed by atoms with Crippen LogP contribution in [0.25, 0.3) is 22.0 Å². The van der Waals surface area contributed by atoms with Crippen molar-refractivity contribution in [2.75, 3.05) is 11.9 Å². The highest BCUT2D eigenvalue weighted by Crippen LogP contribution is 2.26. The number of benzene rings is 1. The fraction of sp³-hybridized carbons (Fsp3) is 0.143. The first-order valence-electron chi connectivity index (χ1n) is 9.31. The zero-order valence-corrected chi connectivity index (χ0v) is 17.3. The fourth-order valence-corrected chi connectivity index (χ4v) is 3.87. The van der Waals surface area contributed by atoms with Gasteiger partial charge in [0.1, 0.15) is 0 Å². The summed E-state index contributed by atoms with van der Waals surface area (Å²) in [6.07, 6.45) is 6.76. The van der Waals surface area contributed by atoms with Gasteiger partial charge in [-0.05, 0) is 37.3 Å². The third kappa shape index (κ3) is 3.97. The van der Waals surface area contributed by atoms with Crippen LogP contribution in [0.15, 0.2) is 60.0 Å². The summed E-state index contributed by atoms with van der Waals surface area (Å²) < 4.78 is 17.3. The number of rotatable bonds is 4. The Labute approximate surface area is 176 Å². The molecule has 0 radical (unpaired) electrons. The van der Waals surface area contributed by atoms with Crippen molar-refractivity contribution in [1.82, 2.24) is 19.3 Å². The first kappa shape index (κ1) is 19.8. The molecule has 30 heavy (non-hydrogen) atoms. The molecular formula is C21H20FN7S. The molecule has 0 fully saturated rings. The molecule has 152 valence electrons. The Hall–Kier alpha value is -3.46. The molecule has 0 aliphatic carbocycles. The molecule has 3 aromatic heterocycles. The molecule has 0 unspecified atom stereocenters. The molecule has 3 heterocycles. The van der Waals surface area contributed by atoms with Crippen LogP contribution in [0.2, 0.25) is 0 Å². The van der Waals surface area contributed by atoms with Gasteiger partial charge < -0.3 is 5.32 Å². The summed E-state index contributed by atoms with van der Waals surface area (Å²) in [4.78, 5) is 5.24. The van der Waals surface area contributed by atoms with E-state index in [9.17, 15) is 4.39 Å². The van der Waals surface area contributed by atoms with Crippen LogP contribution in [0.5, 0.6) is 0 Å².